The molecule has 1 aliphatic rings. The number of aliphatic hydroxyl groups excluding tert-OH is 1. The third kappa shape index (κ3) is 4.90. The maximum atomic E-state index is 12.1. The van der Waals surface area contributed by atoms with Gasteiger partial charge in [0.1, 0.15) is 0 Å². The number of imide groups is 1. The summed E-state index contributed by atoms with van der Waals surface area (Å²) in [4.78, 5) is 25.1. The zero-order valence-electron chi connectivity index (χ0n) is 16.6. The summed E-state index contributed by atoms with van der Waals surface area (Å²) in [5.41, 5.74) is 2.28. The fourth-order valence-electron chi connectivity index (χ4n) is 3.73. The number of aromatic nitrogens is 2. The van der Waals surface area contributed by atoms with Crippen LogP contribution in [0.2, 0.25) is 0 Å². The van der Waals surface area contributed by atoms with Gasteiger partial charge in [-0.1, -0.05) is 38.2 Å². The van der Waals surface area contributed by atoms with E-state index in [9.17, 15) is 9.59 Å². The Balaban J connectivity index is 1.58. The van der Waals surface area contributed by atoms with E-state index >= 15 is 0 Å². The fraction of sp³-hybridized carbons (Fsp3) is 0.571. The molecule has 3 rings (SSSR count). The molecule has 1 aliphatic heterocycles. The highest BCUT2D eigenvalue weighted by Gasteiger charge is 2.27. The number of aliphatic hydroxyl groups is 1. The molecule has 0 radical (unpaired) electrons. The van der Waals surface area contributed by atoms with Crippen molar-refractivity contribution in [2.75, 3.05) is 18.1 Å². The number of unbranched alkanes of at least 4 members (excludes halogenated alkanes) is 6. The molecule has 152 valence electrons. The topological polar surface area (TPSA) is 87.5 Å². The molecule has 0 spiro atoms. The van der Waals surface area contributed by atoms with Crippen LogP contribution in [0.3, 0.4) is 0 Å². The minimum Gasteiger partial charge on any atom is -0.396 e. The molecular weight excluding hydrogens is 356 g/mol. The summed E-state index contributed by atoms with van der Waals surface area (Å²) in [6.45, 7) is 0.662. The first-order valence-corrected chi connectivity index (χ1v) is 10.3. The predicted molar refractivity (Wildman–Crippen MR) is 109 cm³/mol. The number of carbonyl (C=O) groups is 2. The van der Waals surface area contributed by atoms with Crippen molar-refractivity contribution in [1.29, 1.82) is 0 Å². The van der Waals surface area contributed by atoms with Gasteiger partial charge in [-0.05, 0) is 37.0 Å². The number of carbonyl (C=O) groups excluding carboxylic acids is 2. The maximum Gasteiger partial charge on any atom is 0.329 e. The number of hydrogen-bond acceptors (Lipinski definition) is 4. The first kappa shape index (κ1) is 20.3. The molecule has 2 heterocycles. The van der Waals surface area contributed by atoms with Gasteiger partial charge in [0.05, 0.1) is 5.52 Å². The van der Waals surface area contributed by atoms with Crippen LogP contribution < -0.4 is 10.2 Å². The summed E-state index contributed by atoms with van der Waals surface area (Å²) in [5.74, 6) is 0.370. The summed E-state index contributed by atoms with van der Waals surface area (Å²) in [7, 11) is 1.88. The molecule has 0 atom stereocenters. The van der Waals surface area contributed by atoms with Crippen molar-refractivity contribution in [3.05, 3.63) is 23.8 Å². The summed E-state index contributed by atoms with van der Waals surface area (Å²) in [5, 5.41) is 16.6. The quantitative estimate of drug-likeness (QED) is 0.614. The minimum absolute atomic E-state index is 0.239. The van der Waals surface area contributed by atoms with Gasteiger partial charge >= 0.3 is 6.03 Å². The lowest BCUT2D eigenvalue weighted by molar-refractivity contribution is -0.120. The number of amides is 3. The van der Waals surface area contributed by atoms with E-state index in [-0.39, 0.29) is 5.91 Å². The van der Waals surface area contributed by atoms with Gasteiger partial charge in [0.2, 0.25) is 5.91 Å². The molecule has 7 nitrogen and oxygen atoms in total. The number of rotatable bonds is 10. The number of nitrogens with one attached hydrogen (secondary N) is 1. The van der Waals surface area contributed by atoms with Gasteiger partial charge in [0.25, 0.3) is 0 Å². The highest BCUT2D eigenvalue weighted by Crippen LogP contribution is 2.28. The first-order valence-electron chi connectivity index (χ1n) is 10.3. The zero-order chi connectivity index (χ0) is 19.9. The van der Waals surface area contributed by atoms with Gasteiger partial charge in [0, 0.05) is 32.0 Å². The second kappa shape index (κ2) is 9.68. The van der Waals surface area contributed by atoms with E-state index in [1.165, 1.54) is 31.2 Å². The normalized spacial score (nSPS) is 14.7. The van der Waals surface area contributed by atoms with Crippen LogP contribution in [0.5, 0.6) is 0 Å². The lowest BCUT2D eigenvalue weighted by atomic mass is 10.0. The maximum absolute atomic E-state index is 12.1. The summed E-state index contributed by atoms with van der Waals surface area (Å²) in [6, 6.07) is 5.90. The molecule has 0 bridgehead atoms. The second-order valence-corrected chi connectivity index (χ2v) is 7.50. The Hall–Kier alpha value is -2.41. The highest BCUT2D eigenvalue weighted by molar-refractivity contribution is 6.08. The Morgan fingerprint density at radius 3 is 2.50 bits per heavy atom. The van der Waals surface area contributed by atoms with E-state index in [0.29, 0.717) is 25.4 Å². The van der Waals surface area contributed by atoms with Gasteiger partial charge in [-0.2, -0.15) is 5.10 Å². The number of nitrogens with zero attached hydrogens (tertiary/aromatic N) is 3. The van der Waals surface area contributed by atoms with Crippen LogP contribution in [0.15, 0.2) is 18.2 Å². The van der Waals surface area contributed by atoms with Crippen LogP contribution in [0.1, 0.15) is 56.9 Å². The molecule has 1 aromatic carbocycles. The Kier molecular flexibility index (Phi) is 7.03. The van der Waals surface area contributed by atoms with Crippen LogP contribution in [-0.4, -0.2) is 40.0 Å². The van der Waals surface area contributed by atoms with E-state index in [0.717, 1.165) is 36.6 Å². The van der Waals surface area contributed by atoms with E-state index < -0.39 is 6.03 Å². The van der Waals surface area contributed by atoms with E-state index in [1.807, 2.05) is 13.1 Å². The standard InChI is InChI=1S/C21H30N4O3/c1-24-18-15-16(9-7-5-3-2-4-6-8-14-26)10-11-17(18)20(23-24)25-13-12-19(27)22-21(25)28/h10-11,15,26H,2-9,12-14H2,1H3,(H,22,27,28). The van der Waals surface area contributed by atoms with Crippen LogP contribution in [-0.2, 0) is 18.3 Å². The SMILES string of the molecule is Cn1nc(N2CCC(=O)NC2=O)c2ccc(CCCCCCCCCO)cc21. The van der Waals surface area contributed by atoms with Crippen molar-refractivity contribution in [2.45, 2.75) is 57.8 Å². The van der Waals surface area contributed by atoms with Crippen LogP contribution in [0, 0.1) is 0 Å². The molecule has 1 saturated heterocycles. The van der Waals surface area contributed by atoms with E-state index in [2.05, 4.69) is 22.5 Å². The van der Waals surface area contributed by atoms with Crippen molar-refractivity contribution in [1.82, 2.24) is 15.1 Å². The number of aryl methyl sites for hydroxylation is 2. The molecule has 2 N–H and O–H groups in total. The fourth-order valence-corrected chi connectivity index (χ4v) is 3.73. The van der Waals surface area contributed by atoms with Crippen molar-refractivity contribution < 1.29 is 14.7 Å². The molecule has 0 aliphatic carbocycles. The molecule has 1 fully saturated rings. The predicted octanol–water partition coefficient (Wildman–Crippen LogP) is 3.29. The average Bonchev–Trinajstić information content (AvgIpc) is 3.00. The molecule has 0 unspecified atom stereocenters. The third-order valence-electron chi connectivity index (χ3n) is 5.33. The largest absolute Gasteiger partial charge is 0.396 e. The summed E-state index contributed by atoms with van der Waals surface area (Å²) < 4.78 is 1.80. The Bertz CT molecular complexity index is 830. The number of urea groups is 1. The van der Waals surface area contributed by atoms with Gasteiger partial charge in [-0.25, -0.2) is 4.79 Å². The molecule has 1 aromatic heterocycles. The van der Waals surface area contributed by atoms with Crippen molar-refractivity contribution >= 4 is 28.7 Å². The molecule has 2 aromatic rings. The third-order valence-corrected chi connectivity index (χ3v) is 5.33. The number of hydrogen-bond donors (Lipinski definition) is 2. The minimum atomic E-state index is -0.403. The Morgan fingerprint density at radius 1 is 1.07 bits per heavy atom. The Morgan fingerprint density at radius 2 is 1.79 bits per heavy atom. The van der Waals surface area contributed by atoms with Gasteiger partial charge in [0.15, 0.2) is 5.82 Å². The van der Waals surface area contributed by atoms with E-state index in [1.54, 1.807) is 9.58 Å². The average molecular weight is 386 g/mol. The van der Waals surface area contributed by atoms with Crippen molar-refractivity contribution in [3.8, 4) is 0 Å². The number of benzene rings is 1. The van der Waals surface area contributed by atoms with Crippen LogP contribution in [0.4, 0.5) is 10.6 Å². The van der Waals surface area contributed by atoms with Gasteiger partial charge in [-0.15, -0.1) is 0 Å². The lowest BCUT2D eigenvalue weighted by Gasteiger charge is -2.24. The zero-order valence-corrected chi connectivity index (χ0v) is 16.6. The van der Waals surface area contributed by atoms with Crippen molar-refractivity contribution in [3.63, 3.8) is 0 Å². The number of fused-ring (bicyclic) bond motifs is 1. The lowest BCUT2D eigenvalue weighted by Crippen LogP contribution is -2.49. The molecule has 3 amide bonds. The molecular formula is C21H30N4O3. The van der Waals surface area contributed by atoms with Crippen molar-refractivity contribution in [2.24, 2.45) is 7.05 Å². The summed E-state index contributed by atoms with van der Waals surface area (Å²) in [6.07, 6.45) is 9.44. The van der Waals surface area contributed by atoms with Gasteiger partial charge < -0.3 is 5.11 Å². The van der Waals surface area contributed by atoms with Crippen LogP contribution in [0.25, 0.3) is 10.9 Å². The monoisotopic (exact) mass is 386 g/mol. The smallest absolute Gasteiger partial charge is 0.329 e. The Labute approximate surface area is 165 Å². The summed E-state index contributed by atoms with van der Waals surface area (Å²) >= 11 is 0. The van der Waals surface area contributed by atoms with Crippen LogP contribution >= 0.6 is 0 Å². The van der Waals surface area contributed by atoms with Gasteiger partial charge in [-0.3, -0.25) is 19.7 Å². The molecule has 7 heteroatoms. The number of anilines is 1. The highest BCUT2D eigenvalue weighted by atomic mass is 16.3. The van der Waals surface area contributed by atoms with E-state index in [4.69, 9.17) is 5.11 Å². The first-order chi connectivity index (χ1) is 13.6. The second-order valence-electron chi connectivity index (χ2n) is 7.50. The molecule has 0 saturated carbocycles. The molecule has 28 heavy (non-hydrogen) atoms.